The quantitative estimate of drug-likeness (QED) is 0.183. The number of anilines is 3. The first kappa shape index (κ1) is 30.4. The number of para-hydroxylation sites is 4. The van der Waals surface area contributed by atoms with Gasteiger partial charge in [0, 0.05) is 54.7 Å². The molecule has 3 heterocycles. The highest BCUT2D eigenvalue weighted by atomic mass is 16.3. The molecule has 4 nitrogen and oxygen atoms in total. The Labute approximate surface area is 316 Å². The first-order valence-corrected chi connectivity index (χ1v) is 18.8. The summed E-state index contributed by atoms with van der Waals surface area (Å²) in [5, 5.41) is 6.36. The Morgan fingerprint density at radius 3 is 1.89 bits per heavy atom. The summed E-state index contributed by atoms with van der Waals surface area (Å²) in [7, 11) is 0. The number of nitrogens with zero attached hydrogens (tertiary/aromatic N) is 1. The van der Waals surface area contributed by atoms with E-state index < -0.39 is 0 Å². The molecular formula is C51H33NO3. The molecule has 0 N–H and O–H groups in total. The van der Waals surface area contributed by atoms with Crippen LogP contribution in [0.4, 0.5) is 17.1 Å². The van der Waals surface area contributed by atoms with Crippen molar-refractivity contribution in [2.75, 3.05) is 4.90 Å². The molecule has 1 aliphatic rings. The van der Waals surface area contributed by atoms with Crippen molar-refractivity contribution in [2.45, 2.75) is 19.3 Å². The third-order valence-corrected chi connectivity index (χ3v) is 11.9. The maximum atomic E-state index is 7.09. The summed E-state index contributed by atoms with van der Waals surface area (Å²) in [5.41, 5.74) is 15.1. The van der Waals surface area contributed by atoms with Crippen LogP contribution in [0.15, 0.2) is 177 Å². The van der Waals surface area contributed by atoms with Gasteiger partial charge in [-0.1, -0.05) is 117 Å². The van der Waals surface area contributed by atoms with Crippen molar-refractivity contribution < 1.29 is 13.3 Å². The number of rotatable bonds is 4. The standard InChI is InChI=1S/C51H33NO3/c1-51(2)39-20-9-6-15-32(39)33-24-23-31(29-40(33)51)52(30-13-4-3-5-14-30)41-26-25-38-48-45(28-27-44-47(48)36-17-8-11-22-43(36)53-44)55-50(38)46(41)37-19-12-18-35-34-16-7-10-21-42(34)54-49(35)37/h3-29H,1-2H3. The fourth-order valence-corrected chi connectivity index (χ4v) is 9.36. The molecule has 12 rings (SSSR count). The molecule has 0 amide bonds. The maximum absolute atomic E-state index is 7.09. The van der Waals surface area contributed by atoms with Gasteiger partial charge in [-0.25, -0.2) is 0 Å². The summed E-state index contributed by atoms with van der Waals surface area (Å²) < 4.78 is 20.2. The van der Waals surface area contributed by atoms with E-state index in [1.165, 1.54) is 22.3 Å². The van der Waals surface area contributed by atoms with Crippen LogP contribution >= 0.6 is 0 Å². The number of fused-ring (bicyclic) bond motifs is 13. The SMILES string of the molecule is CC1(C)c2ccccc2-c2ccc(N(c3ccccc3)c3ccc4c(oc5ccc6oc7ccccc7c6c54)c3-c3cccc4c3oc3ccccc34)cc21. The molecule has 0 saturated heterocycles. The van der Waals surface area contributed by atoms with E-state index >= 15 is 0 Å². The average Bonchev–Trinajstić information content (AvgIpc) is 3.96. The molecule has 0 fully saturated rings. The molecule has 0 radical (unpaired) electrons. The monoisotopic (exact) mass is 707 g/mol. The minimum atomic E-state index is -0.158. The van der Waals surface area contributed by atoms with Crippen LogP contribution < -0.4 is 4.90 Å². The van der Waals surface area contributed by atoms with Gasteiger partial charge in [0.1, 0.15) is 33.5 Å². The van der Waals surface area contributed by atoms with Crippen LogP contribution in [-0.4, -0.2) is 0 Å². The van der Waals surface area contributed by atoms with Crippen LogP contribution in [0.25, 0.3) is 88.1 Å². The molecule has 0 spiro atoms. The summed E-state index contributed by atoms with van der Waals surface area (Å²) in [6, 6.07) is 58.0. The van der Waals surface area contributed by atoms with Gasteiger partial charge in [0.25, 0.3) is 0 Å². The second kappa shape index (κ2) is 11.0. The highest BCUT2D eigenvalue weighted by Gasteiger charge is 2.36. The predicted octanol–water partition coefficient (Wildman–Crippen LogP) is 14.8. The number of furan rings is 3. The van der Waals surface area contributed by atoms with Crippen molar-refractivity contribution in [3.05, 3.63) is 175 Å². The lowest BCUT2D eigenvalue weighted by Crippen LogP contribution is -2.16. The molecule has 3 aromatic heterocycles. The van der Waals surface area contributed by atoms with Crippen LogP contribution in [0.1, 0.15) is 25.0 Å². The van der Waals surface area contributed by atoms with Gasteiger partial charge in [-0.05, 0) is 82.9 Å². The number of benzene rings is 8. The maximum Gasteiger partial charge on any atom is 0.145 e. The topological polar surface area (TPSA) is 42.7 Å². The Balaban J connectivity index is 1.21. The van der Waals surface area contributed by atoms with E-state index in [0.29, 0.717) is 0 Å². The molecule has 4 heteroatoms. The van der Waals surface area contributed by atoms with Gasteiger partial charge in [0.2, 0.25) is 0 Å². The fraction of sp³-hybridized carbons (Fsp3) is 0.0588. The van der Waals surface area contributed by atoms with Gasteiger partial charge in [-0.2, -0.15) is 0 Å². The Hall–Kier alpha value is -7.04. The van der Waals surface area contributed by atoms with Crippen LogP contribution in [-0.2, 0) is 5.41 Å². The minimum Gasteiger partial charge on any atom is -0.456 e. The number of hydrogen-bond donors (Lipinski definition) is 0. The summed E-state index contributed by atoms with van der Waals surface area (Å²) in [6.45, 7) is 4.67. The lowest BCUT2D eigenvalue weighted by Gasteiger charge is -2.29. The van der Waals surface area contributed by atoms with E-state index in [0.717, 1.165) is 94.0 Å². The van der Waals surface area contributed by atoms with E-state index in [1.54, 1.807) is 0 Å². The Morgan fingerprint density at radius 2 is 1.04 bits per heavy atom. The summed E-state index contributed by atoms with van der Waals surface area (Å²) in [6.07, 6.45) is 0. The normalized spacial score (nSPS) is 13.4. The first-order valence-electron chi connectivity index (χ1n) is 18.8. The van der Waals surface area contributed by atoms with E-state index in [1.807, 2.05) is 36.4 Å². The van der Waals surface area contributed by atoms with E-state index in [2.05, 4.69) is 146 Å². The van der Waals surface area contributed by atoms with Gasteiger partial charge < -0.3 is 18.2 Å². The Bertz CT molecular complexity index is 3360. The molecule has 11 aromatic rings. The molecule has 0 unspecified atom stereocenters. The smallest absolute Gasteiger partial charge is 0.145 e. The zero-order valence-corrected chi connectivity index (χ0v) is 30.3. The van der Waals surface area contributed by atoms with E-state index in [-0.39, 0.29) is 5.41 Å². The molecule has 0 atom stereocenters. The van der Waals surface area contributed by atoms with E-state index in [9.17, 15) is 0 Å². The second-order valence-corrected chi connectivity index (χ2v) is 15.2. The molecule has 0 bridgehead atoms. The van der Waals surface area contributed by atoms with Gasteiger partial charge in [0.15, 0.2) is 0 Å². The van der Waals surface area contributed by atoms with Crippen molar-refractivity contribution in [1.29, 1.82) is 0 Å². The lowest BCUT2D eigenvalue weighted by atomic mass is 9.82. The van der Waals surface area contributed by atoms with Crippen LogP contribution in [0.3, 0.4) is 0 Å². The van der Waals surface area contributed by atoms with E-state index in [4.69, 9.17) is 13.3 Å². The molecule has 260 valence electrons. The number of hydrogen-bond acceptors (Lipinski definition) is 4. The molecule has 0 aliphatic heterocycles. The largest absolute Gasteiger partial charge is 0.456 e. The van der Waals surface area contributed by atoms with Crippen LogP contribution in [0.5, 0.6) is 0 Å². The fourth-order valence-electron chi connectivity index (χ4n) is 9.36. The van der Waals surface area contributed by atoms with Gasteiger partial charge in [0.05, 0.1) is 11.3 Å². The van der Waals surface area contributed by atoms with Crippen LogP contribution in [0.2, 0.25) is 0 Å². The van der Waals surface area contributed by atoms with Crippen molar-refractivity contribution in [2.24, 2.45) is 0 Å². The Kier molecular flexibility index (Phi) is 6.09. The lowest BCUT2D eigenvalue weighted by molar-refractivity contribution is 0.660. The van der Waals surface area contributed by atoms with Gasteiger partial charge >= 0.3 is 0 Å². The zero-order chi connectivity index (χ0) is 36.4. The average molecular weight is 708 g/mol. The van der Waals surface area contributed by atoms with Crippen molar-refractivity contribution in [1.82, 2.24) is 0 Å². The summed E-state index contributed by atoms with van der Waals surface area (Å²) in [4.78, 5) is 2.38. The van der Waals surface area contributed by atoms with Gasteiger partial charge in [-0.3, -0.25) is 0 Å². The first-order chi connectivity index (χ1) is 27.0. The molecule has 1 aliphatic carbocycles. The third-order valence-electron chi connectivity index (χ3n) is 11.9. The minimum absolute atomic E-state index is 0.158. The van der Waals surface area contributed by atoms with Crippen molar-refractivity contribution in [3.63, 3.8) is 0 Å². The zero-order valence-electron chi connectivity index (χ0n) is 30.3. The van der Waals surface area contributed by atoms with Gasteiger partial charge in [-0.15, -0.1) is 0 Å². The Morgan fingerprint density at radius 1 is 0.400 bits per heavy atom. The molecular weight excluding hydrogens is 675 g/mol. The van der Waals surface area contributed by atoms with Crippen molar-refractivity contribution >= 4 is 82.9 Å². The second-order valence-electron chi connectivity index (χ2n) is 15.2. The highest BCUT2D eigenvalue weighted by Crippen LogP contribution is 2.53. The van der Waals surface area contributed by atoms with Crippen molar-refractivity contribution in [3.8, 4) is 22.3 Å². The summed E-state index contributed by atoms with van der Waals surface area (Å²) >= 11 is 0. The summed E-state index contributed by atoms with van der Waals surface area (Å²) in [5.74, 6) is 0. The molecule has 55 heavy (non-hydrogen) atoms. The predicted molar refractivity (Wildman–Crippen MR) is 226 cm³/mol. The molecule has 0 saturated carbocycles. The van der Waals surface area contributed by atoms with Crippen LogP contribution in [0, 0.1) is 0 Å². The highest BCUT2D eigenvalue weighted by molar-refractivity contribution is 6.28. The molecule has 8 aromatic carbocycles. The third kappa shape index (κ3) is 4.17.